The molecule has 0 spiro atoms. The van der Waals surface area contributed by atoms with Crippen LogP contribution in [0, 0.1) is 5.92 Å². The molecular weight excluding hydrogens is 287 g/mol. The van der Waals surface area contributed by atoms with E-state index in [0.29, 0.717) is 6.10 Å². The normalized spacial score (nSPS) is 34.9. The summed E-state index contributed by atoms with van der Waals surface area (Å²) in [7, 11) is 0. The van der Waals surface area contributed by atoms with E-state index in [1.165, 1.54) is 51.4 Å². The summed E-state index contributed by atoms with van der Waals surface area (Å²) in [6, 6.07) is 0. The molecule has 2 aliphatic rings. The second-order valence-electron chi connectivity index (χ2n) is 4.82. The van der Waals surface area contributed by atoms with E-state index in [2.05, 4.69) is 22.6 Å². The third-order valence-corrected chi connectivity index (χ3v) is 5.07. The molecule has 0 radical (unpaired) electrons. The maximum atomic E-state index is 6.05. The van der Waals surface area contributed by atoms with Crippen LogP contribution in [0.15, 0.2) is 0 Å². The van der Waals surface area contributed by atoms with Crippen molar-refractivity contribution in [2.24, 2.45) is 5.92 Å². The van der Waals surface area contributed by atoms with Crippen molar-refractivity contribution in [3.8, 4) is 0 Å². The van der Waals surface area contributed by atoms with Crippen molar-refractivity contribution in [1.29, 1.82) is 0 Å². The zero-order valence-corrected chi connectivity index (χ0v) is 11.0. The average molecular weight is 308 g/mol. The van der Waals surface area contributed by atoms with Gasteiger partial charge in [-0.15, -0.1) is 0 Å². The lowest BCUT2D eigenvalue weighted by atomic mass is 9.90. The Hall–Kier alpha value is 0.690. The summed E-state index contributed by atoms with van der Waals surface area (Å²) < 4.78 is 6.84. The number of hydrogen-bond acceptors (Lipinski definition) is 1. The van der Waals surface area contributed by atoms with Gasteiger partial charge in [-0.25, -0.2) is 0 Å². The smallest absolute Gasteiger partial charge is 0.0692 e. The molecule has 0 aromatic heterocycles. The van der Waals surface area contributed by atoms with E-state index in [4.69, 9.17) is 4.74 Å². The van der Waals surface area contributed by atoms with Crippen LogP contribution in [-0.2, 0) is 4.74 Å². The predicted molar refractivity (Wildman–Crippen MR) is 68.0 cm³/mol. The Morgan fingerprint density at radius 2 is 1.71 bits per heavy atom. The molecule has 0 aliphatic heterocycles. The minimum absolute atomic E-state index is 0.581. The fraction of sp³-hybridized carbons (Fsp3) is 1.00. The van der Waals surface area contributed by atoms with Crippen LogP contribution in [0.4, 0.5) is 0 Å². The maximum Gasteiger partial charge on any atom is 0.0692 e. The molecule has 2 heteroatoms. The van der Waals surface area contributed by atoms with Gasteiger partial charge in [-0.05, 0) is 38.0 Å². The highest BCUT2D eigenvalue weighted by atomic mass is 127. The Labute approximate surface area is 101 Å². The van der Waals surface area contributed by atoms with Crippen molar-refractivity contribution in [3.63, 3.8) is 0 Å². The van der Waals surface area contributed by atoms with Crippen LogP contribution in [0.3, 0.4) is 0 Å². The molecular formula is C12H21IO. The summed E-state index contributed by atoms with van der Waals surface area (Å²) in [6.45, 7) is 1.05. The highest BCUT2D eigenvalue weighted by molar-refractivity contribution is 14.1. The lowest BCUT2D eigenvalue weighted by molar-refractivity contribution is 0.0297. The first-order chi connectivity index (χ1) is 6.86. The van der Waals surface area contributed by atoms with Gasteiger partial charge >= 0.3 is 0 Å². The molecule has 1 nitrogen and oxygen atoms in total. The number of halogens is 1. The minimum atomic E-state index is 0.581. The molecule has 2 rings (SSSR count). The number of hydrogen-bond donors (Lipinski definition) is 0. The average Bonchev–Trinajstić information content (AvgIpc) is 2.63. The van der Waals surface area contributed by atoms with Crippen LogP contribution in [-0.4, -0.2) is 16.6 Å². The van der Waals surface area contributed by atoms with E-state index in [1.807, 2.05) is 0 Å². The molecule has 0 heterocycles. The molecule has 0 aromatic rings. The Morgan fingerprint density at radius 3 is 2.36 bits per heavy atom. The Morgan fingerprint density at radius 1 is 0.929 bits per heavy atom. The predicted octanol–water partition coefficient (Wildman–Crippen LogP) is 3.94. The monoisotopic (exact) mass is 308 g/mol. The molecule has 0 N–H and O–H groups in total. The second kappa shape index (κ2) is 5.69. The van der Waals surface area contributed by atoms with Crippen molar-refractivity contribution < 1.29 is 4.74 Å². The van der Waals surface area contributed by atoms with Gasteiger partial charge in [-0.1, -0.05) is 41.9 Å². The van der Waals surface area contributed by atoms with Gasteiger partial charge < -0.3 is 4.74 Å². The minimum Gasteiger partial charge on any atom is -0.377 e. The number of ether oxygens (including phenoxy) is 1. The molecule has 0 bridgehead atoms. The fourth-order valence-electron chi connectivity index (χ4n) is 2.68. The molecule has 0 saturated heterocycles. The summed E-state index contributed by atoms with van der Waals surface area (Å²) in [5.74, 6) is 0.882. The van der Waals surface area contributed by atoms with Gasteiger partial charge in [-0.3, -0.25) is 0 Å². The molecule has 14 heavy (non-hydrogen) atoms. The first-order valence-corrected chi connectivity index (χ1v) is 7.36. The first-order valence-electron chi connectivity index (χ1n) is 6.12. The first kappa shape index (κ1) is 11.2. The van der Waals surface area contributed by atoms with Gasteiger partial charge in [0.2, 0.25) is 0 Å². The Balaban J connectivity index is 1.65. The second-order valence-corrected chi connectivity index (χ2v) is 6.42. The number of rotatable bonds is 3. The van der Waals surface area contributed by atoms with Crippen LogP contribution in [0.1, 0.15) is 51.4 Å². The summed E-state index contributed by atoms with van der Waals surface area (Å²) in [6.07, 6.45) is 11.8. The van der Waals surface area contributed by atoms with Gasteiger partial charge in [0.1, 0.15) is 0 Å². The zero-order valence-electron chi connectivity index (χ0n) is 8.88. The van der Waals surface area contributed by atoms with Gasteiger partial charge in [0.15, 0.2) is 0 Å². The molecule has 2 atom stereocenters. The molecule has 2 saturated carbocycles. The molecule has 2 fully saturated rings. The third-order valence-electron chi connectivity index (χ3n) is 3.64. The summed E-state index contributed by atoms with van der Waals surface area (Å²) in [5.41, 5.74) is 0. The van der Waals surface area contributed by atoms with Crippen LogP contribution >= 0.6 is 22.6 Å². The Bertz CT molecular complexity index is 166. The summed E-state index contributed by atoms with van der Waals surface area (Å²) >= 11 is 2.56. The van der Waals surface area contributed by atoms with Crippen molar-refractivity contribution >= 4 is 22.6 Å². The topological polar surface area (TPSA) is 9.23 Å². The van der Waals surface area contributed by atoms with Crippen molar-refractivity contribution in [3.05, 3.63) is 0 Å². The summed E-state index contributed by atoms with van der Waals surface area (Å²) in [4.78, 5) is 0. The van der Waals surface area contributed by atoms with Crippen molar-refractivity contribution in [2.75, 3.05) is 6.61 Å². The fourth-order valence-corrected chi connectivity index (χ4v) is 3.69. The Kier molecular flexibility index (Phi) is 4.54. The number of alkyl halides is 1. The molecule has 0 amide bonds. The van der Waals surface area contributed by atoms with E-state index in [-0.39, 0.29) is 0 Å². The summed E-state index contributed by atoms with van der Waals surface area (Å²) in [5, 5.41) is 0. The van der Waals surface area contributed by atoms with E-state index < -0.39 is 0 Å². The van der Waals surface area contributed by atoms with Gasteiger partial charge in [-0.2, -0.15) is 0 Å². The van der Waals surface area contributed by atoms with E-state index in [0.717, 1.165) is 16.4 Å². The van der Waals surface area contributed by atoms with Gasteiger partial charge in [0.05, 0.1) is 6.10 Å². The SMILES string of the molecule is IC1CCCC1OCC1CCCCC1. The van der Waals surface area contributed by atoms with Crippen molar-refractivity contribution in [1.82, 2.24) is 0 Å². The highest BCUT2D eigenvalue weighted by Gasteiger charge is 2.26. The lowest BCUT2D eigenvalue weighted by Crippen LogP contribution is -2.23. The molecule has 82 valence electrons. The van der Waals surface area contributed by atoms with Crippen LogP contribution in [0.2, 0.25) is 0 Å². The van der Waals surface area contributed by atoms with Crippen LogP contribution < -0.4 is 0 Å². The van der Waals surface area contributed by atoms with Crippen LogP contribution in [0.5, 0.6) is 0 Å². The molecule has 0 aromatic carbocycles. The van der Waals surface area contributed by atoms with Gasteiger partial charge in [0, 0.05) is 10.5 Å². The lowest BCUT2D eigenvalue weighted by Gasteiger charge is -2.24. The van der Waals surface area contributed by atoms with E-state index in [1.54, 1.807) is 0 Å². The van der Waals surface area contributed by atoms with E-state index >= 15 is 0 Å². The highest BCUT2D eigenvalue weighted by Crippen LogP contribution is 2.30. The van der Waals surface area contributed by atoms with E-state index in [9.17, 15) is 0 Å². The standard InChI is InChI=1S/C12H21IO/c13-11-7-4-8-12(11)14-9-10-5-2-1-3-6-10/h10-12H,1-9H2. The van der Waals surface area contributed by atoms with Gasteiger partial charge in [0.25, 0.3) is 0 Å². The molecule has 2 aliphatic carbocycles. The maximum absolute atomic E-state index is 6.05. The third kappa shape index (κ3) is 3.09. The largest absolute Gasteiger partial charge is 0.377 e. The van der Waals surface area contributed by atoms with Crippen molar-refractivity contribution in [2.45, 2.75) is 61.4 Å². The zero-order chi connectivity index (χ0) is 9.80. The quantitative estimate of drug-likeness (QED) is 0.567. The molecule has 2 unspecified atom stereocenters. The van der Waals surface area contributed by atoms with Crippen LogP contribution in [0.25, 0.3) is 0 Å².